The third kappa shape index (κ3) is 4.87. The Morgan fingerprint density at radius 2 is 1.97 bits per heavy atom. The first kappa shape index (κ1) is 24.7. The van der Waals surface area contributed by atoms with Gasteiger partial charge in [-0.3, -0.25) is 9.36 Å². The lowest BCUT2D eigenvalue weighted by molar-refractivity contribution is -0.138. The molecule has 0 spiro atoms. The van der Waals surface area contributed by atoms with E-state index < -0.39 is 12.0 Å². The van der Waals surface area contributed by atoms with Crippen LogP contribution in [0, 0.1) is 0 Å². The van der Waals surface area contributed by atoms with Crippen LogP contribution in [-0.4, -0.2) is 31.4 Å². The molecule has 2 heterocycles. The summed E-state index contributed by atoms with van der Waals surface area (Å²) in [5.74, 6) is 0.455. The first-order chi connectivity index (χ1) is 16.9. The summed E-state index contributed by atoms with van der Waals surface area (Å²) in [6, 6.07) is 12.2. The molecule has 1 aromatic heterocycles. The van der Waals surface area contributed by atoms with Crippen molar-refractivity contribution < 1.29 is 19.0 Å². The summed E-state index contributed by atoms with van der Waals surface area (Å²) in [5, 5.41) is 0. The standard InChI is InChI=1S/C26H23BrN2O5S/c1-5-11-34-25(31)22-15(2)28-26-29(23(22)17-9-10-19(32-3)20(14-17)33-4)24(30)21(35-26)13-16-7-6-8-18(27)12-16/h5-10,12-14,23H,1,11H2,2-4H3/b21-13+/t23-/m1/s1. The first-order valence-corrected chi connectivity index (χ1v) is 12.3. The molecule has 4 rings (SSSR count). The van der Waals surface area contributed by atoms with Gasteiger partial charge in [0, 0.05) is 4.47 Å². The van der Waals surface area contributed by atoms with Gasteiger partial charge in [-0.1, -0.05) is 58.1 Å². The number of fused-ring (bicyclic) bond motifs is 1. The molecule has 0 unspecified atom stereocenters. The zero-order valence-electron chi connectivity index (χ0n) is 19.4. The SMILES string of the molecule is C=CCOC(=O)C1=C(C)N=c2s/c(=C/c3cccc(Br)c3)c(=O)n2[C@@H]1c1ccc(OC)c(OC)c1. The molecule has 2 aromatic carbocycles. The number of methoxy groups -OCH3 is 2. The Bertz CT molecular complexity index is 1520. The van der Waals surface area contributed by atoms with Gasteiger partial charge in [0.1, 0.15) is 6.61 Å². The van der Waals surface area contributed by atoms with Gasteiger partial charge < -0.3 is 14.2 Å². The van der Waals surface area contributed by atoms with E-state index in [0.29, 0.717) is 32.1 Å². The second-order valence-corrected chi connectivity index (χ2v) is 9.56. The Morgan fingerprint density at radius 3 is 2.66 bits per heavy atom. The fourth-order valence-electron chi connectivity index (χ4n) is 3.88. The summed E-state index contributed by atoms with van der Waals surface area (Å²) in [4.78, 5) is 31.9. The van der Waals surface area contributed by atoms with Crippen molar-refractivity contribution in [2.45, 2.75) is 13.0 Å². The number of benzene rings is 2. The fraction of sp³-hybridized carbons (Fsp3) is 0.192. The molecule has 0 aliphatic carbocycles. The molecular formula is C26H23BrN2O5S. The van der Waals surface area contributed by atoms with Crippen LogP contribution in [0.2, 0.25) is 0 Å². The number of ether oxygens (including phenoxy) is 3. The highest BCUT2D eigenvalue weighted by Gasteiger charge is 2.34. The second-order valence-electron chi connectivity index (χ2n) is 7.64. The Morgan fingerprint density at radius 1 is 1.20 bits per heavy atom. The van der Waals surface area contributed by atoms with Crippen molar-refractivity contribution in [2.24, 2.45) is 4.99 Å². The molecule has 3 aromatic rings. The van der Waals surface area contributed by atoms with Crippen LogP contribution in [0.3, 0.4) is 0 Å². The van der Waals surface area contributed by atoms with Crippen LogP contribution in [0.25, 0.3) is 6.08 Å². The molecule has 1 atom stereocenters. The van der Waals surface area contributed by atoms with Gasteiger partial charge in [0.05, 0.1) is 36.1 Å². The molecule has 0 amide bonds. The zero-order chi connectivity index (χ0) is 25.1. The van der Waals surface area contributed by atoms with Crippen molar-refractivity contribution in [2.75, 3.05) is 20.8 Å². The van der Waals surface area contributed by atoms with Gasteiger partial charge in [0.25, 0.3) is 5.56 Å². The monoisotopic (exact) mass is 554 g/mol. The van der Waals surface area contributed by atoms with Crippen molar-refractivity contribution in [3.63, 3.8) is 0 Å². The molecular weight excluding hydrogens is 532 g/mol. The smallest absolute Gasteiger partial charge is 0.338 e. The molecule has 7 nitrogen and oxygen atoms in total. The van der Waals surface area contributed by atoms with Gasteiger partial charge in [-0.15, -0.1) is 0 Å². The van der Waals surface area contributed by atoms with E-state index in [1.54, 1.807) is 32.2 Å². The first-order valence-electron chi connectivity index (χ1n) is 10.7. The number of aromatic nitrogens is 1. The number of carbonyl (C=O) groups excluding carboxylic acids is 1. The number of esters is 1. The van der Waals surface area contributed by atoms with Crippen LogP contribution < -0.4 is 24.4 Å². The number of nitrogens with zero attached hydrogens (tertiary/aromatic N) is 2. The van der Waals surface area contributed by atoms with Gasteiger partial charge in [-0.2, -0.15) is 0 Å². The molecule has 0 fully saturated rings. The van der Waals surface area contributed by atoms with Crippen LogP contribution in [-0.2, 0) is 9.53 Å². The lowest BCUT2D eigenvalue weighted by Crippen LogP contribution is -2.40. The summed E-state index contributed by atoms with van der Waals surface area (Å²) in [6.07, 6.45) is 3.31. The Hall–Kier alpha value is -3.43. The van der Waals surface area contributed by atoms with E-state index in [4.69, 9.17) is 14.2 Å². The predicted molar refractivity (Wildman–Crippen MR) is 139 cm³/mol. The molecule has 0 N–H and O–H groups in total. The molecule has 180 valence electrons. The molecule has 35 heavy (non-hydrogen) atoms. The summed E-state index contributed by atoms with van der Waals surface area (Å²) >= 11 is 4.73. The van der Waals surface area contributed by atoms with Gasteiger partial charge >= 0.3 is 5.97 Å². The van der Waals surface area contributed by atoms with Crippen LogP contribution in [0.1, 0.15) is 24.1 Å². The lowest BCUT2D eigenvalue weighted by Gasteiger charge is -2.25. The van der Waals surface area contributed by atoms with E-state index in [0.717, 1.165) is 10.0 Å². The lowest BCUT2D eigenvalue weighted by atomic mass is 9.95. The normalized spacial score (nSPS) is 15.3. The maximum Gasteiger partial charge on any atom is 0.338 e. The Labute approximate surface area is 214 Å². The molecule has 9 heteroatoms. The van der Waals surface area contributed by atoms with Crippen LogP contribution in [0.5, 0.6) is 11.5 Å². The summed E-state index contributed by atoms with van der Waals surface area (Å²) in [7, 11) is 3.08. The van der Waals surface area contributed by atoms with Crippen molar-refractivity contribution >= 4 is 39.3 Å². The number of allylic oxidation sites excluding steroid dienone is 1. The minimum atomic E-state index is -0.756. The highest BCUT2D eigenvalue weighted by molar-refractivity contribution is 9.10. The third-order valence-electron chi connectivity index (χ3n) is 5.44. The van der Waals surface area contributed by atoms with E-state index in [1.807, 2.05) is 30.3 Å². The minimum absolute atomic E-state index is 0.0432. The van der Waals surface area contributed by atoms with Crippen LogP contribution in [0.4, 0.5) is 0 Å². The maximum atomic E-state index is 13.7. The number of hydrogen-bond donors (Lipinski definition) is 0. The molecule has 1 aliphatic rings. The highest BCUT2D eigenvalue weighted by atomic mass is 79.9. The van der Waals surface area contributed by atoms with Gasteiger partial charge in [0.2, 0.25) is 0 Å². The highest BCUT2D eigenvalue weighted by Crippen LogP contribution is 2.36. The molecule has 1 aliphatic heterocycles. The van der Waals surface area contributed by atoms with Crippen molar-refractivity contribution in [1.29, 1.82) is 0 Å². The number of halogens is 1. The Balaban J connectivity index is 1.96. The molecule has 0 saturated heterocycles. The quantitative estimate of drug-likeness (QED) is 0.328. The number of rotatable bonds is 7. The van der Waals surface area contributed by atoms with Gasteiger partial charge in [0.15, 0.2) is 16.3 Å². The van der Waals surface area contributed by atoms with E-state index in [2.05, 4.69) is 27.5 Å². The zero-order valence-corrected chi connectivity index (χ0v) is 21.8. The van der Waals surface area contributed by atoms with Crippen LogP contribution >= 0.6 is 27.3 Å². The van der Waals surface area contributed by atoms with E-state index in [1.165, 1.54) is 29.1 Å². The number of thiazole rings is 1. The van der Waals surface area contributed by atoms with Gasteiger partial charge in [-0.05, 0) is 48.4 Å². The van der Waals surface area contributed by atoms with E-state index >= 15 is 0 Å². The van der Waals surface area contributed by atoms with E-state index in [-0.39, 0.29) is 17.7 Å². The predicted octanol–water partition coefficient (Wildman–Crippen LogP) is 3.74. The molecule has 0 radical (unpaired) electrons. The molecule has 0 bridgehead atoms. The third-order valence-corrected chi connectivity index (χ3v) is 6.92. The largest absolute Gasteiger partial charge is 0.493 e. The Kier molecular flexibility index (Phi) is 7.37. The number of hydrogen-bond acceptors (Lipinski definition) is 7. The van der Waals surface area contributed by atoms with Gasteiger partial charge in [-0.25, -0.2) is 9.79 Å². The average Bonchev–Trinajstić information content (AvgIpc) is 3.15. The molecule has 0 saturated carbocycles. The van der Waals surface area contributed by atoms with Crippen molar-refractivity contribution in [1.82, 2.24) is 4.57 Å². The summed E-state index contributed by atoms with van der Waals surface area (Å²) in [5.41, 5.74) is 2.04. The van der Waals surface area contributed by atoms with Crippen LogP contribution in [0.15, 0.2) is 80.6 Å². The summed E-state index contributed by atoms with van der Waals surface area (Å²) in [6.45, 7) is 5.39. The van der Waals surface area contributed by atoms with Crippen molar-refractivity contribution in [3.05, 3.63) is 102 Å². The number of carbonyl (C=O) groups is 1. The van der Waals surface area contributed by atoms with E-state index in [9.17, 15) is 9.59 Å². The van der Waals surface area contributed by atoms with Crippen molar-refractivity contribution in [3.8, 4) is 11.5 Å². The fourth-order valence-corrected chi connectivity index (χ4v) is 5.34. The maximum absolute atomic E-state index is 13.7. The topological polar surface area (TPSA) is 79.1 Å². The summed E-state index contributed by atoms with van der Waals surface area (Å²) < 4.78 is 19.2. The minimum Gasteiger partial charge on any atom is -0.493 e. The second kappa shape index (κ2) is 10.5. The average molecular weight is 555 g/mol.